The quantitative estimate of drug-likeness (QED) is 0.847. The fraction of sp³-hybridized carbons (Fsp3) is 0.500. The van der Waals surface area contributed by atoms with Gasteiger partial charge in [-0.2, -0.15) is 0 Å². The maximum atomic E-state index is 13.6. The summed E-state index contributed by atoms with van der Waals surface area (Å²) in [6.07, 6.45) is 1.37. The Morgan fingerprint density at radius 3 is 2.39 bits per heavy atom. The highest BCUT2D eigenvalue weighted by Crippen LogP contribution is 2.32. The Balaban J connectivity index is 3.02. The molecule has 18 heavy (non-hydrogen) atoms. The van der Waals surface area contributed by atoms with Gasteiger partial charge in [0.05, 0.1) is 12.5 Å². The number of carboxylic acids is 1. The standard InChI is InChI=1S/C14H19FO3/c1-4-14(5-2,13(16)17)9-10-6-7-12(18-3)11(15)8-10/h6-8H,4-5,9H2,1-3H3,(H,16,17). The van der Waals surface area contributed by atoms with Gasteiger partial charge in [-0.05, 0) is 37.0 Å². The molecule has 0 aliphatic rings. The zero-order valence-electron chi connectivity index (χ0n) is 11.0. The van der Waals surface area contributed by atoms with Crippen molar-refractivity contribution in [1.29, 1.82) is 0 Å². The molecule has 0 spiro atoms. The second-order valence-corrected chi connectivity index (χ2v) is 4.44. The summed E-state index contributed by atoms with van der Waals surface area (Å²) in [5.74, 6) is -1.11. The number of hydrogen-bond donors (Lipinski definition) is 1. The molecule has 0 saturated heterocycles. The van der Waals surface area contributed by atoms with E-state index >= 15 is 0 Å². The van der Waals surface area contributed by atoms with E-state index in [1.807, 2.05) is 13.8 Å². The van der Waals surface area contributed by atoms with Crippen molar-refractivity contribution in [2.24, 2.45) is 5.41 Å². The molecule has 0 bridgehead atoms. The first-order valence-electron chi connectivity index (χ1n) is 6.05. The largest absolute Gasteiger partial charge is 0.494 e. The van der Waals surface area contributed by atoms with Crippen molar-refractivity contribution in [1.82, 2.24) is 0 Å². The monoisotopic (exact) mass is 254 g/mol. The van der Waals surface area contributed by atoms with E-state index in [0.29, 0.717) is 24.8 Å². The van der Waals surface area contributed by atoms with Crippen LogP contribution in [0.2, 0.25) is 0 Å². The zero-order chi connectivity index (χ0) is 13.8. The Kier molecular flexibility index (Phi) is 4.70. The Morgan fingerprint density at radius 1 is 1.39 bits per heavy atom. The smallest absolute Gasteiger partial charge is 0.309 e. The molecule has 1 N–H and O–H groups in total. The van der Waals surface area contributed by atoms with Crippen LogP contribution in [0.5, 0.6) is 5.75 Å². The predicted octanol–water partition coefficient (Wildman–Crippen LogP) is 3.27. The van der Waals surface area contributed by atoms with Gasteiger partial charge in [-0.15, -0.1) is 0 Å². The highest BCUT2D eigenvalue weighted by Gasteiger charge is 2.34. The van der Waals surface area contributed by atoms with Gasteiger partial charge in [0.1, 0.15) is 0 Å². The van der Waals surface area contributed by atoms with Crippen LogP contribution in [-0.4, -0.2) is 18.2 Å². The number of hydrogen-bond acceptors (Lipinski definition) is 2. The van der Waals surface area contributed by atoms with Crippen molar-refractivity contribution in [2.75, 3.05) is 7.11 Å². The van der Waals surface area contributed by atoms with Crippen molar-refractivity contribution in [2.45, 2.75) is 33.1 Å². The molecule has 0 saturated carbocycles. The number of carboxylic acid groups (broad SMARTS) is 1. The second kappa shape index (κ2) is 5.85. The number of benzene rings is 1. The summed E-state index contributed by atoms with van der Waals surface area (Å²) in [6.45, 7) is 3.69. The Labute approximate surface area is 107 Å². The van der Waals surface area contributed by atoms with E-state index in [4.69, 9.17) is 4.74 Å². The summed E-state index contributed by atoms with van der Waals surface area (Å²) in [5, 5.41) is 9.34. The summed E-state index contributed by atoms with van der Waals surface area (Å²) in [4.78, 5) is 11.4. The molecule has 1 rings (SSSR count). The van der Waals surface area contributed by atoms with Gasteiger partial charge >= 0.3 is 5.97 Å². The molecule has 0 aliphatic heterocycles. The highest BCUT2D eigenvalue weighted by molar-refractivity contribution is 5.75. The van der Waals surface area contributed by atoms with Crippen LogP contribution in [0, 0.1) is 11.2 Å². The lowest BCUT2D eigenvalue weighted by Crippen LogP contribution is -2.32. The average Bonchev–Trinajstić information content (AvgIpc) is 2.36. The molecule has 0 aromatic heterocycles. The molecule has 4 heteroatoms. The average molecular weight is 254 g/mol. The van der Waals surface area contributed by atoms with Crippen LogP contribution in [0.15, 0.2) is 18.2 Å². The van der Waals surface area contributed by atoms with Crippen LogP contribution in [0.25, 0.3) is 0 Å². The molecular weight excluding hydrogens is 235 g/mol. The maximum Gasteiger partial charge on any atom is 0.309 e. The van der Waals surface area contributed by atoms with E-state index < -0.39 is 17.2 Å². The van der Waals surface area contributed by atoms with Crippen molar-refractivity contribution < 1.29 is 19.0 Å². The minimum atomic E-state index is -0.830. The van der Waals surface area contributed by atoms with E-state index in [1.54, 1.807) is 6.07 Å². The van der Waals surface area contributed by atoms with Crippen LogP contribution in [0.1, 0.15) is 32.3 Å². The highest BCUT2D eigenvalue weighted by atomic mass is 19.1. The van der Waals surface area contributed by atoms with E-state index in [-0.39, 0.29) is 5.75 Å². The molecule has 1 aromatic carbocycles. The molecule has 1 aromatic rings. The number of ether oxygens (including phenoxy) is 1. The molecule has 0 amide bonds. The first-order valence-corrected chi connectivity index (χ1v) is 6.05. The Morgan fingerprint density at radius 2 is 2.00 bits per heavy atom. The fourth-order valence-electron chi connectivity index (χ4n) is 2.09. The molecule has 0 heterocycles. The lowest BCUT2D eigenvalue weighted by Gasteiger charge is -2.26. The number of halogens is 1. The van der Waals surface area contributed by atoms with E-state index in [1.165, 1.54) is 19.2 Å². The Hall–Kier alpha value is -1.58. The van der Waals surface area contributed by atoms with E-state index in [9.17, 15) is 14.3 Å². The molecule has 0 radical (unpaired) electrons. The van der Waals surface area contributed by atoms with Crippen molar-refractivity contribution in [3.63, 3.8) is 0 Å². The van der Waals surface area contributed by atoms with Gasteiger partial charge in [-0.3, -0.25) is 4.79 Å². The van der Waals surface area contributed by atoms with Crippen molar-refractivity contribution in [3.8, 4) is 5.75 Å². The van der Waals surface area contributed by atoms with E-state index in [2.05, 4.69) is 0 Å². The molecular formula is C14H19FO3. The fourth-order valence-corrected chi connectivity index (χ4v) is 2.09. The topological polar surface area (TPSA) is 46.5 Å². The summed E-state index contributed by atoms with van der Waals surface area (Å²) < 4.78 is 18.4. The first-order chi connectivity index (χ1) is 8.49. The molecule has 0 aliphatic carbocycles. The third kappa shape index (κ3) is 2.81. The third-order valence-corrected chi connectivity index (χ3v) is 3.57. The van der Waals surface area contributed by atoms with Crippen molar-refractivity contribution >= 4 is 5.97 Å². The zero-order valence-corrected chi connectivity index (χ0v) is 11.0. The molecule has 100 valence electrons. The summed E-state index contributed by atoms with van der Waals surface area (Å²) >= 11 is 0. The van der Waals surface area contributed by atoms with Crippen LogP contribution in [0.4, 0.5) is 4.39 Å². The predicted molar refractivity (Wildman–Crippen MR) is 67.3 cm³/mol. The molecule has 0 fully saturated rings. The van der Waals surface area contributed by atoms with Gasteiger partial charge in [0.2, 0.25) is 0 Å². The number of aliphatic carboxylic acids is 1. The summed E-state index contributed by atoms with van der Waals surface area (Å²) in [6, 6.07) is 4.59. The van der Waals surface area contributed by atoms with Gasteiger partial charge in [0.15, 0.2) is 11.6 Å². The molecule has 3 nitrogen and oxygen atoms in total. The van der Waals surface area contributed by atoms with Crippen molar-refractivity contribution in [3.05, 3.63) is 29.6 Å². The number of carbonyl (C=O) groups is 1. The van der Waals surface area contributed by atoms with Crippen LogP contribution in [0.3, 0.4) is 0 Å². The van der Waals surface area contributed by atoms with E-state index in [0.717, 1.165) is 0 Å². The Bertz CT molecular complexity index is 425. The first kappa shape index (κ1) is 14.5. The van der Waals surface area contributed by atoms with Gasteiger partial charge < -0.3 is 9.84 Å². The van der Waals surface area contributed by atoms with Gasteiger partial charge in [0.25, 0.3) is 0 Å². The van der Waals surface area contributed by atoms with Gasteiger partial charge in [-0.1, -0.05) is 19.9 Å². The summed E-state index contributed by atoms with van der Waals surface area (Å²) in [7, 11) is 1.40. The van der Waals surface area contributed by atoms with Gasteiger partial charge in [0, 0.05) is 0 Å². The van der Waals surface area contributed by atoms with Crippen LogP contribution in [-0.2, 0) is 11.2 Å². The normalized spacial score (nSPS) is 11.3. The van der Waals surface area contributed by atoms with Crippen LogP contribution < -0.4 is 4.74 Å². The molecule has 0 atom stereocenters. The lowest BCUT2D eigenvalue weighted by molar-refractivity contribution is -0.149. The minimum Gasteiger partial charge on any atom is -0.494 e. The SMILES string of the molecule is CCC(CC)(Cc1ccc(OC)c(F)c1)C(=O)O. The summed E-state index contributed by atoms with van der Waals surface area (Å²) in [5.41, 5.74) is -0.138. The van der Waals surface area contributed by atoms with Crippen LogP contribution >= 0.6 is 0 Å². The number of rotatable bonds is 6. The van der Waals surface area contributed by atoms with Gasteiger partial charge in [-0.25, -0.2) is 4.39 Å². The lowest BCUT2D eigenvalue weighted by atomic mass is 9.77. The third-order valence-electron chi connectivity index (χ3n) is 3.57. The minimum absolute atomic E-state index is 0.174. The number of methoxy groups -OCH3 is 1. The second-order valence-electron chi connectivity index (χ2n) is 4.44. The maximum absolute atomic E-state index is 13.6. The molecule has 0 unspecified atom stereocenters.